The Morgan fingerprint density at radius 3 is 2.40 bits per heavy atom. The zero-order valence-corrected chi connectivity index (χ0v) is 18.4. The molecular formula is C22H21ClN6S. The van der Waals surface area contributed by atoms with E-state index in [0.29, 0.717) is 5.28 Å². The predicted molar refractivity (Wildman–Crippen MR) is 124 cm³/mol. The molecule has 0 bridgehead atoms. The highest BCUT2D eigenvalue weighted by atomic mass is 35.5. The van der Waals surface area contributed by atoms with Gasteiger partial charge in [-0.25, -0.2) is 15.0 Å². The third-order valence-electron chi connectivity index (χ3n) is 5.62. The molecule has 3 aromatic heterocycles. The first-order chi connectivity index (χ1) is 14.6. The topological polar surface area (TPSA) is 58.0 Å². The number of benzene rings is 1. The van der Waals surface area contributed by atoms with E-state index in [1.54, 1.807) is 23.7 Å². The first kappa shape index (κ1) is 19.2. The van der Waals surface area contributed by atoms with E-state index in [-0.39, 0.29) is 0 Å². The molecule has 4 heterocycles. The van der Waals surface area contributed by atoms with Gasteiger partial charge < -0.3 is 9.80 Å². The molecule has 152 valence electrons. The molecule has 0 spiro atoms. The summed E-state index contributed by atoms with van der Waals surface area (Å²) in [4.78, 5) is 23.3. The summed E-state index contributed by atoms with van der Waals surface area (Å²) in [5, 5.41) is 3.54. The van der Waals surface area contributed by atoms with Crippen LogP contribution in [-0.2, 0) is 0 Å². The van der Waals surface area contributed by atoms with Gasteiger partial charge in [-0.15, -0.1) is 11.3 Å². The van der Waals surface area contributed by atoms with Crippen molar-refractivity contribution >= 4 is 44.9 Å². The lowest BCUT2D eigenvalue weighted by Crippen LogP contribution is -2.47. The van der Waals surface area contributed by atoms with Crippen LogP contribution < -0.4 is 9.80 Å². The molecule has 8 heteroatoms. The molecule has 1 aliphatic rings. The first-order valence-electron chi connectivity index (χ1n) is 9.89. The summed E-state index contributed by atoms with van der Waals surface area (Å²) in [6.07, 6.45) is 3.56. The smallest absolute Gasteiger partial charge is 0.225 e. The Morgan fingerprint density at radius 2 is 1.67 bits per heavy atom. The molecule has 30 heavy (non-hydrogen) atoms. The van der Waals surface area contributed by atoms with Crippen LogP contribution in [0.5, 0.6) is 0 Å². The van der Waals surface area contributed by atoms with E-state index in [1.807, 2.05) is 6.07 Å². The lowest BCUT2D eigenvalue weighted by molar-refractivity contribution is 0.636. The number of fused-ring (bicyclic) bond motifs is 1. The number of rotatable bonds is 3. The highest BCUT2D eigenvalue weighted by Crippen LogP contribution is 2.39. The van der Waals surface area contributed by atoms with E-state index >= 15 is 0 Å². The van der Waals surface area contributed by atoms with Gasteiger partial charge in [-0.05, 0) is 48.2 Å². The SMILES string of the molecule is Cc1ccc(-c2csc3nc(Cl)nc(N4CCN(c5ncccn5)CC4)c23)cc1C. The molecule has 0 saturated carbocycles. The molecule has 4 aromatic rings. The van der Waals surface area contributed by atoms with Gasteiger partial charge in [0.2, 0.25) is 11.2 Å². The van der Waals surface area contributed by atoms with Crippen LogP contribution >= 0.6 is 22.9 Å². The van der Waals surface area contributed by atoms with Crippen molar-refractivity contribution in [1.29, 1.82) is 0 Å². The molecule has 0 N–H and O–H groups in total. The summed E-state index contributed by atoms with van der Waals surface area (Å²) >= 11 is 7.91. The molecule has 1 saturated heterocycles. The maximum Gasteiger partial charge on any atom is 0.225 e. The summed E-state index contributed by atoms with van der Waals surface area (Å²) in [5.74, 6) is 1.68. The average Bonchev–Trinajstić information content (AvgIpc) is 3.19. The van der Waals surface area contributed by atoms with E-state index < -0.39 is 0 Å². The number of piperazine rings is 1. The monoisotopic (exact) mass is 436 g/mol. The highest BCUT2D eigenvalue weighted by molar-refractivity contribution is 7.17. The third kappa shape index (κ3) is 3.48. The molecular weight excluding hydrogens is 416 g/mol. The second kappa shape index (κ2) is 7.81. The van der Waals surface area contributed by atoms with Gasteiger partial charge in [0.05, 0.1) is 5.39 Å². The fourth-order valence-electron chi connectivity index (χ4n) is 3.82. The Labute approximate surface area is 184 Å². The molecule has 0 atom stereocenters. The van der Waals surface area contributed by atoms with Gasteiger partial charge in [0, 0.05) is 49.5 Å². The quantitative estimate of drug-likeness (QED) is 0.432. The van der Waals surface area contributed by atoms with Crippen molar-refractivity contribution in [2.45, 2.75) is 13.8 Å². The van der Waals surface area contributed by atoms with Crippen LogP contribution in [0.4, 0.5) is 11.8 Å². The normalized spacial score (nSPS) is 14.5. The van der Waals surface area contributed by atoms with E-state index in [1.165, 1.54) is 22.3 Å². The molecule has 1 aromatic carbocycles. The first-order valence-corrected chi connectivity index (χ1v) is 11.1. The summed E-state index contributed by atoms with van der Waals surface area (Å²) in [6, 6.07) is 8.42. The second-order valence-electron chi connectivity index (χ2n) is 7.47. The maximum atomic E-state index is 6.30. The number of hydrogen-bond donors (Lipinski definition) is 0. The number of anilines is 2. The molecule has 1 aliphatic heterocycles. The van der Waals surface area contributed by atoms with Crippen molar-refractivity contribution in [3.8, 4) is 11.1 Å². The van der Waals surface area contributed by atoms with Gasteiger partial charge >= 0.3 is 0 Å². The van der Waals surface area contributed by atoms with Crippen molar-refractivity contribution in [1.82, 2.24) is 19.9 Å². The number of hydrogen-bond acceptors (Lipinski definition) is 7. The van der Waals surface area contributed by atoms with Crippen molar-refractivity contribution < 1.29 is 0 Å². The van der Waals surface area contributed by atoms with Crippen LogP contribution in [0.15, 0.2) is 42.0 Å². The molecule has 0 aliphatic carbocycles. The van der Waals surface area contributed by atoms with Crippen molar-refractivity contribution in [3.63, 3.8) is 0 Å². The van der Waals surface area contributed by atoms with Gasteiger partial charge in [0.15, 0.2) is 0 Å². The lowest BCUT2D eigenvalue weighted by atomic mass is 10.0. The Hall–Kier alpha value is -2.77. The van der Waals surface area contributed by atoms with Crippen LogP contribution in [0.3, 0.4) is 0 Å². The molecule has 0 amide bonds. The lowest BCUT2D eigenvalue weighted by Gasteiger charge is -2.35. The van der Waals surface area contributed by atoms with Crippen LogP contribution in [0, 0.1) is 13.8 Å². The number of aryl methyl sites for hydroxylation is 2. The zero-order valence-electron chi connectivity index (χ0n) is 16.8. The fraction of sp³-hybridized carbons (Fsp3) is 0.273. The minimum absolute atomic E-state index is 0.291. The standard InChI is InChI=1S/C22H21ClN6S/c1-14-4-5-16(12-15(14)2)17-13-30-20-18(17)19(26-21(23)27-20)28-8-10-29(11-9-28)22-24-6-3-7-25-22/h3-7,12-13H,8-11H2,1-2H3. The second-order valence-corrected chi connectivity index (χ2v) is 8.66. The Morgan fingerprint density at radius 1 is 0.933 bits per heavy atom. The molecule has 0 unspecified atom stereocenters. The number of halogens is 1. The maximum absolute atomic E-state index is 6.30. The minimum Gasteiger partial charge on any atom is -0.352 e. The van der Waals surface area contributed by atoms with Gasteiger partial charge in [-0.1, -0.05) is 18.2 Å². The number of nitrogens with zero attached hydrogens (tertiary/aromatic N) is 6. The predicted octanol–water partition coefficient (Wildman–Crippen LogP) is 4.75. The van der Waals surface area contributed by atoms with E-state index in [0.717, 1.165) is 48.2 Å². The van der Waals surface area contributed by atoms with Crippen LogP contribution in [-0.4, -0.2) is 46.1 Å². The van der Waals surface area contributed by atoms with Gasteiger partial charge in [-0.2, -0.15) is 4.98 Å². The Bertz CT molecular complexity index is 1200. The Kier molecular flexibility index (Phi) is 5.00. The van der Waals surface area contributed by atoms with Gasteiger partial charge in [0.25, 0.3) is 0 Å². The van der Waals surface area contributed by atoms with E-state index in [9.17, 15) is 0 Å². The minimum atomic E-state index is 0.291. The van der Waals surface area contributed by atoms with Crippen molar-refractivity contribution in [3.05, 3.63) is 58.4 Å². The average molecular weight is 437 g/mol. The van der Waals surface area contributed by atoms with Crippen LogP contribution in [0.2, 0.25) is 5.28 Å². The Balaban J connectivity index is 1.51. The summed E-state index contributed by atoms with van der Waals surface area (Å²) < 4.78 is 0. The highest BCUT2D eigenvalue weighted by Gasteiger charge is 2.24. The molecule has 1 fully saturated rings. The van der Waals surface area contributed by atoms with E-state index in [4.69, 9.17) is 11.6 Å². The zero-order chi connectivity index (χ0) is 20.7. The molecule has 5 rings (SSSR count). The van der Waals surface area contributed by atoms with Crippen molar-refractivity contribution in [2.24, 2.45) is 0 Å². The fourth-order valence-corrected chi connectivity index (χ4v) is 4.98. The molecule has 6 nitrogen and oxygen atoms in total. The van der Waals surface area contributed by atoms with Gasteiger partial charge in [0.1, 0.15) is 10.6 Å². The van der Waals surface area contributed by atoms with E-state index in [2.05, 4.69) is 67.2 Å². The van der Waals surface area contributed by atoms with Gasteiger partial charge in [-0.3, -0.25) is 0 Å². The summed E-state index contributed by atoms with van der Waals surface area (Å²) in [6.45, 7) is 7.58. The summed E-state index contributed by atoms with van der Waals surface area (Å²) in [7, 11) is 0. The van der Waals surface area contributed by atoms with Crippen molar-refractivity contribution in [2.75, 3.05) is 36.0 Å². The largest absolute Gasteiger partial charge is 0.352 e. The molecule has 0 radical (unpaired) electrons. The number of aromatic nitrogens is 4. The van der Waals surface area contributed by atoms with Crippen LogP contribution in [0.1, 0.15) is 11.1 Å². The van der Waals surface area contributed by atoms with Crippen LogP contribution in [0.25, 0.3) is 21.3 Å². The number of thiophene rings is 1. The third-order valence-corrected chi connectivity index (χ3v) is 6.66. The summed E-state index contributed by atoms with van der Waals surface area (Å²) in [5.41, 5.74) is 4.92.